The van der Waals surface area contributed by atoms with Crippen molar-refractivity contribution in [3.05, 3.63) is 29.8 Å². The minimum Gasteiger partial charge on any atom is -0.497 e. The number of nitrogens with two attached hydrogens (primary N) is 1. The first-order valence-electron chi connectivity index (χ1n) is 7.55. The van der Waals surface area contributed by atoms with Crippen molar-refractivity contribution in [1.82, 2.24) is 10.2 Å². The van der Waals surface area contributed by atoms with E-state index in [-0.39, 0.29) is 5.91 Å². The predicted molar refractivity (Wildman–Crippen MR) is 83.2 cm³/mol. The number of carbonyl (C=O) groups excluding carboxylic acids is 1. The number of rotatable bonds is 5. The second kappa shape index (κ2) is 6.91. The number of nitrogens with zero attached hydrogens (tertiary/aromatic N) is 1. The summed E-state index contributed by atoms with van der Waals surface area (Å²) >= 11 is 0. The number of hydrogen-bond donors (Lipinski definition) is 2. The molecule has 21 heavy (non-hydrogen) atoms. The molecule has 0 bridgehead atoms. The maximum Gasteiger partial charge on any atom is 0.242 e. The van der Waals surface area contributed by atoms with E-state index in [1.807, 2.05) is 31.2 Å². The van der Waals surface area contributed by atoms with E-state index >= 15 is 0 Å². The van der Waals surface area contributed by atoms with E-state index in [0.29, 0.717) is 6.42 Å². The van der Waals surface area contributed by atoms with Crippen LogP contribution in [0.4, 0.5) is 0 Å². The Labute approximate surface area is 126 Å². The molecular weight excluding hydrogens is 266 g/mol. The van der Waals surface area contributed by atoms with Gasteiger partial charge in [0.1, 0.15) is 11.3 Å². The number of methoxy groups -OCH3 is 1. The lowest BCUT2D eigenvalue weighted by atomic mass is 9.84. The third-order valence-corrected chi connectivity index (χ3v) is 4.37. The van der Waals surface area contributed by atoms with E-state index in [9.17, 15) is 4.79 Å². The SMILES string of the molecule is CCC(C(N)=O)(c1ccc(OC)cc1)N1CCCNCC1. The number of benzene rings is 1. The molecule has 1 aromatic rings. The first-order chi connectivity index (χ1) is 10.1. The summed E-state index contributed by atoms with van der Waals surface area (Å²) < 4.78 is 5.20. The Morgan fingerprint density at radius 2 is 2.05 bits per heavy atom. The number of nitrogens with one attached hydrogen (secondary N) is 1. The quantitative estimate of drug-likeness (QED) is 0.852. The highest BCUT2D eigenvalue weighted by molar-refractivity contribution is 5.86. The summed E-state index contributed by atoms with van der Waals surface area (Å²) in [4.78, 5) is 14.6. The molecule has 5 heteroatoms. The fourth-order valence-electron chi connectivity index (χ4n) is 3.18. The molecule has 116 valence electrons. The Hall–Kier alpha value is -1.59. The smallest absolute Gasteiger partial charge is 0.242 e. The molecule has 1 aliphatic heterocycles. The monoisotopic (exact) mass is 291 g/mol. The number of ether oxygens (including phenoxy) is 1. The molecule has 1 heterocycles. The van der Waals surface area contributed by atoms with Crippen molar-refractivity contribution in [2.75, 3.05) is 33.3 Å². The third-order valence-electron chi connectivity index (χ3n) is 4.37. The summed E-state index contributed by atoms with van der Waals surface area (Å²) in [5, 5.41) is 3.37. The lowest BCUT2D eigenvalue weighted by Gasteiger charge is -2.41. The van der Waals surface area contributed by atoms with Gasteiger partial charge in [-0.15, -0.1) is 0 Å². The fraction of sp³-hybridized carbons (Fsp3) is 0.562. The Kier molecular flexibility index (Phi) is 5.20. The van der Waals surface area contributed by atoms with Crippen molar-refractivity contribution in [1.29, 1.82) is 0 Å². The average Bonchev–Trinajstić information content (AvgIpc) is 2.78. The van der Waals surface area contributed by atoms with Crippen LogP contribution in [0.1, 0.15) is 25.3 Å². The molecule has 2 rings (SSSR count). The zero-order valence-electron chi connectivity index (χ0n) is 12.9. The third kappa shape index (κ3) is 3.04. The molecule has 0 aliphatic carbocycles. The lowest BCUT2D eigenvalue weighted by molar-refractivity contribution is -0.131. The molecule has 1 aliphatic rings. The van der Waals surface area contributed by atoms with Gasteiger partial charge >= 0.3 is 0 Å². The number of amides is 1. The highest BCUT2D eigenvalue weighted by atomic mass is 16.5. The Morgan fingerprint density at radius 1 is 1.33 bits per heavy atom. The van der Waals surface area contributed by atoms with Crippen molar-refractivity contribution in [2.24, 2.45) is 5.73 Å². The molecule has 1 atom stereocenters. The molecule has 0 spiro atoms. The molecule has 1 saturated heterocycles. The zero-order valence-corrected chi connectivity index (χ0v) is 12.9. The van der Waals surface area contributed by atoms with Gasteiger partial charge in [-0.05, 0) is 37.1 Å². The molecular formula is C16H25N3O2. The fourth-order valence-corrected chi connectivity index (χ4v) is 3.18. The highest BCUT2D eigenvalue weighted by Gasteiger charge is 2.42. The van der Waals surface area contributed by atoms with Crippen LogP contribution in [0.15, 0.2) is 24.3 Å². The molecule has 0 radical (unpaired) electrons. The maximum atomic E-state index is 12.3. The predicted octanol–water partition coefficient (Wildman–Crippen LogP) is 1.08. The van der Waals surface area contributed by atoms with Crippen LogP contribution < -0.4 is 15.8 Å². The molecule has 1 amide bonds. The topological polar surface area (TPSA) is 67.6 Å². The average molecular weight is 291 g/mol. The Morgan fingerprint density at radius 3 is 2.62 bits per heavy atom. The molecule has 1 unspecified atom stereocenters. The van der Waals surface area contributed by atoms with Gasteiger partial charge in [0.05, 0.1) is 7.11 Å². The van der Waals surface area contributed by atoms with Gasteiger partial charge in [-0.2, -0.15) is 0 Å². The van der Waals surface area contributed by atoms with Gasteiger partial charge in [-0.3, -0.25) is 9.69 Å². The standard InChI is InChI=1S/C16H25N3O2/c1-3-16(15(17)20,19-11-4-9-18-10-12-19)13-5-7-14(21-2)8-6-13/h5-8,18H,3-4,9-12H2,1-2H3,(H2,17,20). The second-order valence-corrected chi connectivity index (χ2v) is 5.40. The number of hydrogen-bond acceptors (Lipinski definition) is 4. The summed E-state index contributed by atoms with van der Waals surface area (Å²) in [6.45, 7) is 5.58. The van der Waals surface area contributed by atoms with E-state index in [4.69, 9.17) is 10.5 Å². The van der Waals surface area contributed by atoms with Crippen LogP contribution in [0.3, 0.4) is 0 Å². The summed E-state index contributed by atoms with van der Waals surface area (Å²) in [5.41, 5.74) is 6.04. The summed E-state index contributed by atoms with van der Waals surface area (Å²) in [5.74, 6) is 0.503. The van der Waals surface area contributed by atoms with Crippen LogP contribution in [0, 0.1) is 0 Å². The molecule has 1 aromatic carbocycles. The van der Waals surface area contributed by atoms with Crippen LogP contribution in [0.25, 0.3) is 0 Å². The molecule has 1 fully saturated rings. The lowest BCUT2D eigenvalue weighted by Crippen LogP contribution is -2.55. The van der Waals surface area contributed by atoms with E-state index in [1.54, 1.807) is 7.11 Å². The van der Waals surface area contributed by atoms with Gasteiger partial charge < -0.3 is 15.8 Å². The molecule has 0 aromatic heterocycles. The molecule has 0 saturated carbocycles. The van der Waals surface area contributed by atoms with Crippen molar-refractivity contribution < 1.29 is 9.53 Å². The van der Waals surface area contributed by atoms with Gasteiger partial charge in [-0.1, -0.05) is 19.1 Å². The highest BCUT2D eigenvalue weighted by Crippen LogP contribution is 2.33. The van der Waals surface area contributed by atoms with Gasteiger partial charge in [0.15, 0.2) is 0 Å². The zero-order chi connectivity index (χ0) is 15.3. The minimum atomic E-state index is -0.738. The Bertz CT molecular complexity index is 467. The Balaban J connectivity index is 2.41. The van der Waals surface area contributed by atoms with Gasteiger partial charge in [-0.25, -0.2) is 0 Å². The number of primary amides is 1. The van der Waals surface area contributed by atoms with E-state index in [2.05, 4.69) is 10.2 Å². The van der Waals surface area contributed by atoms with Crippen molar-refractivity contribution in [2.45, 2.75) is 25.3 Å². The van der Waals surface area contributed by atoms with E-state index in [0.717, 1.165) is 43.9 Å². The van der Waals surface area contributed by atoms with Gasteiger partial charge in [0.2, 0.25) is 5.91 Å². The first kappa shape index (κ1) is 15.8. The van der Waals surface area contributed by atoms with Crippen LogP contribution in [0.2, 0.25) is 0 Å². The summed E-state index contributed by atoms with van der Waals surface area (Å²) in [6, 6.07) is 7.67. The van der Waals surface area contributed by atoms with E-state index in [1.165, 1.54) is 0 Å². The normalized spacial score (nSPS) is 19.5. The van der Waals surface area contributed by atoms with E-state index < -0.39 is 5.54 Å². The minimum absolute atomic E-state index is 0.280. The van der Waals surface area contributed by atoms with Crippen LogP contribution >= 0.6 is 0 Å². The van der Waals surface area contributed by atoms with Crippen molar-refractivity contribution >= 4 is 5.91 Å². The van der Waals surface area contributed by atoms with Crippen molar-refractivity contribution in [3.8, 4) is 5.75 Å². The largest absolute Gasteiger partial charge is 0.497 e. The van der Waals surface area contributed by atoms with Crippen LogP contribution in [-0.2, 0) is 10.3 Å². The van der Waals surface area contributed by atoms with Gasteiger partial charge in [0, 0.05) is 19.6 Å². The number of carbonyl (C=O) groups is 1. The van der Waals surface area contributed by atoms with Gasteiger partial charge in [0.25, 0.3) is 0 Å². The van der Waals surface area contributed by atoms with Crippen molar-refractivity contribution in [3.63, 3.8) is 0 Å². The molecule has 5 nitrogen and oxygen atoms in total. The second-order valence-electron chi connectivity index (χ2n) is 5.40. The first-order valence-corrected chi connectivity index (χ1v) is 7.55. The van der Waals surface area contributed by atoms with Crippen LogP contribution in [0.5, 0.6) is 5.75 Å². The maximum absolute atomic E-state index is 12.3. The summed E-state index contributed by atoms with van der Waals surface area (Å²) in [6.07, 6.45) is 1.68. The summed E-state index contributed by atoms with van der Waals surface area (Å²) in [7, 11) is 1.64. The molecule has 3 N–H and O–H groups in total. The van der Waals surface area contributed by atoms with Crippen LogP contribution in [-0.4, -0.2) is 44.1 Å².